The van der Waals surface area contributed by atoms with E-state index in [0.29, 0.717) is 43.4 Å². The summed E-state index contributed by atoms with van der Waals surface area (Å²) in [7, 11) is 0. The molecule has 1 aliphatic heterocycles. The van der Waals surface area contributed by atoms with Crippen molar-refractivity contribution in [3.8, 4) is 28.2 Å². The molecule has 0 bridgehead atoms. The Balaban J connectivity index is 1.22. The van der Waals surface area contributed by atoms with Gasteiger partial charge in [0.1, 0.15) is 29.2 Å². The maximum atomic E-state index is 14.3. The van der Waals surface area contributed by atoms with Gasteiger partial charge in [0, 0.05) is 36.6 Å². The maximum Gasteiger partial charge on any atom is 0.255 e. The van der Waals surface area contributed by atoms with Crippen molar-refractivity contribution in [1.29, 1.82) is 0 Å². The first-order chi connectivity index (χ1) is 26.6. The lowest BCUT2D eigenvalue weighted by atomic mass is 9.77. The Morgan fingerprint density at radius 1 is 0.685 bits per heavy atom. The smallest absolute Gasteiger partial charge is 0.255 e. The van der Waals surface area contributed by atoms with Gasteiger partial charge < -0.3 is 9.64 Å². The monoisotopic (exact) mass is 710 g/mol. The fourth-order valence-electron chi connectivity index (χ4n) is 7.47. The Kier molecular flexibility index (Phi) is 8.61. The number of morpholine rings is 1. The summed E-state index contributed by atoms with van der Waals surface area (Å²) in [5.74, 6) is 0.263. The highest BCUT2D eigenvalue weighted by Gasteiger charge is 2.40. The molecule has 3 aromatic heterocycles. The van der Waals surface area contributed by atoms with Crippen molar-refractivity contribution >= 4 is 16.9 Å². The summed E-state index contributed by atoms with van der Waals surface area (Å²) in [5.41, 5.74) is 7.67. The zero-order chi connectivity index (χ0) is 36.5. The van der Waals surface area contributed by atoms with Crippen LogP contribution < -0.4 is 0 Å². The van der Waals surface area contributed by atoms with Crippen LogP contribution in [0, 0.1) is 5.82 Å². The third-order valence-corrected chi connectivity index (χ3v) is 10.1. The average molecular weight is 711 g/mol. The SMILES string of the molecule is O=C(c1ccc(-n2cnc3ccc(-c4cn(C(c5ccccc5)(c5ccccc5)c5ccccc5)nc4-c4ccc(F)cc4)cc32)nc1)N1CCOCC1. The molecule has 1 amide bonds. The molecule has 0 spiro atoms. The van der Waals surface area contributed by atoms with Gasteiger partial charge in [0.25, 0.3) is 5.91 Å². The highest BCUT2D eigenvalue weighted by Crippen LogP contribution is 2.43. The summed E-state index contributed by atoms with van der Waals surface area (Å²) in [6, 6.07) is 47.4. The molecule has 5 aromatic carbocycles. The Bertz CT molecular complexity index is 2450. The minimum Gasteiger partial charge on any atom is -0.378 e. The van der Waals surface area contributed by atoms with Gasteiger partial charge in [0.15, 0.2) is 0 Å². The number of ether oxygens (including phenoxy) is 1. The quantitative estimate of drug-likeness (QED) is 0.148. The van der Waals surface area contributed by atoms with Crippen molar-refractivity contribution < 1.29 is 13.9 Å². The normalized spacial score (nSPS) is 13.3. The lowest BCUT2D eigenvalue weighted by Gasteiger charge is -2.36. The molecule has 1 saturated heterocycles. The molecule has 0 N–H and O–H groups in total. The summed E-state index contributed by atoms with van der Waals surface area (Å²) in [6.07, 6.45) is 5.46. The summed E-state index contributed by atoms with van der Waals surface area (Å²) >= 11 is 0. The molecule has 8 nitrogen and oxygen atoms in total. The van der Waals surface area contributed by atoms with Crippen LogP contribution in [0.3, 0.4) is 0 Å². The van der Waals surface area contributed by atoms with Crippen LogP contribution in [0.25, 0.3) is 39.2 Å². The average Bonchev–Trinajstić information content (AvgIpc) is 3.88. The number of pyridine rings is 1. The molecule has 0 saturated carbocycles. The van der Waals surface area contributed by atoms with Gasteiger partial charge in [-0.1, -0.05) is 97.1 Å². The van der Waals surface area contributed by atoms with Crippen LogP contribution in [0.15, 0.2) is 164 Å². The number of aromatic nitrogens is 5. The lowest BCUT2D eigenvalue weighted by molar-refractivity contribution is 0.0302. The molecule has 0 radical (unpaired) electrons. The maximum absolute atomic E-state index is 14.3. The molecule has 9 heteroatoms. The van der Waals surface area contributed by atoms with E-state index >= 15 is 0 Å². The Morgan fingerprint density at radius 2 is 1.30 bits per heavy atom. The number of halogens is 1. The molecule has 4 heterocycles. The van der Waals surface area contributed by atoms with Crippen LogP contribution in [-0.2, 0) is 10.3 Å². The molecular weight excluding hydrogens is 676 g/mol. The Labute approximate surface area is 311 Å². The molecule has 9 rings (SSSR count). The molecule has 0 atom stereocenters. The predicted octanol–water partition coefficient (Wildman–Crippen LogP) is 8.40. The van der Waals surface area contributed by atoms with Crippen LogP contribution in [0.4, 0.5) is 4.39 Å². The van der Waals surface area contributed by atoms with Gasteiger partial charge in [-0.05, 0) is 70.8 Å². The van der Waals surface area contributed by atoms with Crippen molar-refractivity contribution in [1.82, 2.24) is 29.2 Å². The zero-order valence-corrected chi connectivity index (χ0v) is 29.3. The van der Waals surface area contributed by atoms with E-state index in [2.05, 4.69) is 90.0 Å². The zero-order valence-electron chi connectivity index (χ0n) is 29.3. The second kappa shape index (κ2) is 14.0. The minimum absolute atomic E-state index is 0.0574. The van der Waals surface area contributed by atoms with Gasteiger partial charge in [-0.3, -0.25) is 14.0 Å². The van der Waals surface area contributed by atoms with Gasteiger partial charge in [-0.25, -0.2) is 14.4 Å². The number of amides is 1. The molecule has 0 unspecified atom stereocenters. The number of hydrogen-bond acceptors (Lipinski definition) is 5. The molecule has 1 fully saturated rings. The fraction of sp³-hybridized carbons (Fsp3) is 0.111. The van der Waals surface area contributed by atoms with E-state index in [1.54, 1.807) is 29.6 Å². The van der Waals surface area contributed by atoms with Crippen molar-refractivity contribution in [3.63, 3.8) is 0 Å². The second-order valence-corrected chi connectivity index (χ2v) is 13.3. The van der Waals surface area contributed by atoms with E-state index < -0.39 is 5.54 Å². The van der Waals surface area contributed by atoms with Gasteiger partial charge in [-0.15, -0.1) is 0 Å². The molecule has 264 valence electrons. The van der Waals surface area contributed by atoms with Crippen molar-refractivity contribution in [2.75, 3.05) is 26.3 Å². The van der Waals surface area contributed by atoms with Crippen molar-refractivity contribution in [2.24, 2.45) is 0 Å². The van der Waals surface area contributed by atoms with Crippen molar-refractivity contribution in [3.05, 3.63) is 192 Å². The number of nitrogens with zero attached hydrogens (tertiary/aromatic N) is 6. The molecular formula is C45H35FN6O2. The van der Waals surface area contributed by atoms with Gasteiger partial charge in [-0.2, -0.15) is 5.10 Å². The highest BCUT2D eigenvalue weighted by atomic mass is 19.1. The molecule has 8 aromatic rings. The van der Waals surface area contributed by atoms with Crippen LogP contribution in [0.1, 0.15) is 27.0 Å². The Morgan fingerprint density at radius 3 is 1.89 bits per heavy atom. The Hall–Kier alpha value is -6.71. The van der Waals surface area contributed by atoms with Crippen LogP contribution in [0.2, 0.25) is 0 Å². The van der Waals surface area contributed by atoms with E-state index in [1.165, 1.54) is 12.1 Å². The van der Waals surface area contributed by atoms with Gasteiger partial charge in [0.05, 0.1) is 29.8 Å². The summed E-state index contributed by atoms with van der Waals surface area (Å²) in [6.45, 7) is 2.20. The third-order valence-electron chi connectivity index (χ3n) is 10.1. The van der Waals surface area contributed by atoms with Gasteiger partial charge in [0.2, 0.25) is 0 Å². The van der Waals surface area contributed by atoms with Gasteiger partial charge >= 0.3 is 0 Å². The van der Waals surface area contributed by atoms with E-state index in [-0.39, 0.29) is 11.7 Å². The number of imidazole rings is 1. The largest absolute Gasteiger partial charge is 0.378 e. The molecule has 54 heavy (non-hydrogen) atoms. The molecule has 1 aliphatic rings. The lowest BCUT2D eigenvalue weighted by Crippen LogP contribution is -2.40. The van der Waals surface area contributed by atoms with E-state index in [9.17, 15) is 9.18 Å². The number of carbonyl (C=O) groups is 1. The van der Waals surface area contributed by atoms with Crippen LogP contribution in [0.5, 0.6) is 0 Å². The van der Waals surface area contributed by atoms with E-state index in [0.717, 1.165) is 44.4 Å². The molecule has 0 aliphatic carbocycles. The first-order valence-corrected chi connectivity index (χ1v) is 17.9. The second-order valence-electron chi connectivity index (χ2n) is 13.3. The first kappa shape index (κ1) is 33.1. The summed E-state index contributed by atoms with van der Waals surface area (Å²) in [4.78, 5) is 24.3. The highest BCUT2D eigenvalue weighted by molar-refractivity contribution is 5.94. The standard InChI is InChI=1S/C45H35FN6O2/c46-38-20-16-32(17-21-38)43-39(30-52(49-43)45(35-10-4-1-5-11-35,36-12-6-2-7-13-36)37-14-8-3-9-15-37)33-18-22-40-41(28-33)51(31-48-40)42-23-19-34(29-47-42)44(53)50-24-26-54-27-25-50/h1-23,28-31H,24-27H2. The van der Waals surface area contributed by atoms with E-state index in [1.807, 2.05) is 51.7 Å². The fourth-order valence-corrected chi connectivity index (χ4v) is 7.47. The summed E-state index contributed by atoms with van der Waals surface area (Å²) < 4.78 is 23.7. The van der Waals surface area contributed by atoms with E-state index in [4.69, 9.17) is 14.8 Å². The van der Waals surface area contributed by atoms with Crippen molar-refractivity contribution in [2.45, 2.75) is 5.54 Å². The van der Waals surface area contributed by atoms with Crippen LogP contribution >= 0.6 is 0 Å². The number of carbonyl (C=O) groups excluding carboxylic acids is 1. The number of rotatable bonds is 8. The third kappa shape index (κ3) is 5.84. The minimum atomic E-state index is -0.854. The first-order valence-electron chi connectivity index (χ1n) is 17.9. The van der Waals surface area contributed by atoms with Crippen LogP contribution in [-0.4, -0.2) is 61.4 Å². The topological polar surface area (TPSA) is 78.1 Å². The number of fused-ring (bicyclic) bond motifs is 1. The number of benzene rings is 5. The number of hydrogen-bond donors (Lipinski definition) is 0. The summed E-state index contributed by atoms with van der Waals surface area (Å²) in [5, 5.41) is 5.42. The predicted molar refractivity (Wildman–Crippen MR) is 207 cm³/mol.